The number of carboxylic acid groups (broad SMARTS) is 1. The summed E-state index contributed by atoms with van der Waals surface area (Å²) in [5.41, 5.74) is 2.39. The van der Waals surface area contributed by atoms with Crippen molar-refractivity contribution in [3.05, 3.63) is 35.4 Å². The van der Waals surface area contributed by atoms with Gasteiger partial charge in [-0.3, -0.25) is 4.79 Å². The average molecular weight is 289 g/mol. The van der Waals surface area contributed by atoms with Gasteiger partial charge in [-0.1, -0.05) is 38.1 Å². The number of benzene rings is 1. The zero-order valence-corrected chi connectivity index (χ0v) is 12.8. The third-order valence-electron chi connectivity index (χ3n) is 4.04. The van der Waals surface area contributed by atoms with Crippen LogP contribution >= 0.6 is 0 Å². The summed E-state index contributed by atoms with van der Waals surface area (Å²) in [4.78, 5) is 23.4. The number of hydrogen-bond acceptors (Lipinski definition) is 2. The maximum Gasteiger partial charge on any atom is 0.326 e. The Morgan fingerprint density at radius 1 is 1.33 bits per heavy atom. The Balaban J connectivity index is 1.96. The second kappa shape index (κ2) is 6.29. The van der Waals surface area contributed by atoms with Crippen LogP contribution in [0.3, 0.4) is 0 Å². The molecule has 2 unspecified atom stereocenters. The van der Waals surface area contributed by atoms with Gasteiger partial charge in [0.15, 0.2) is 0 Å². The quantitative estimate of drug-likeness (QED) is 0.846. The normalized spacial score (nSPS) is 21.9. The van der Waals surface area contributed by atoms with Crippen LogP contribution in [-0.4, -0.2) is 23.0 Å². The molecule has 2 rings (SSSR count). The van der Waals surface area contributed by atoms with Crippen LogP contribution in [0.1, 0.15) is 43.7 Å². The van der Waals surface area contributed by atoms with Crippen molar-refractivity contribution in [2.75, 3.05) is 0 Å². The first kappa shape index (κ1) is 15.5. The van der Waals surface area contributed by atoms with Gasteiger partial charge in [-0.2, -0.15) is 0 Å². The van der Waals surface area contributed by atoms with Crippen LogP contribution < -0.4 is 5.32 Å². The molecule has 4 nitrogen and oxygen atoms in total. The van der Waals surface area contributed by atoms with Gasteiger partial charge in [-0.15, -0.1) is 0 Å². The van der Waals surface area contributed by atoms with Gasteiger partial charge in [-0.25, -0.2) is 4.79 Å². The Kier molecular flexibility index (Phi) is 4.66. The van der Waals surface area contributed by atoms with E-state index in [1.807, 2.05) is 39.0 Å². The van der Waals surface area contributed by atoms with Crippen LogP contribution in [0, 0.1) is 18.8 Å². The van der Waals surface area contributed by atoms with Gasteiger partial charge in [-0.05, 0) is 42.7 Å². The van der Waals surface area contributed by atoms with Crippen LogP contribution in [0.4, 0.5) is 0 Å². The molecule has 4 heteroatoms. The van der Waals surface area contributed by atoms with Gasteiger partial charge >= 0.3 is 5.97 Å². The summed E-state index contributed by atoms with van der Waals surface area (Å²) < 4.78 is 0. The van der Waals surface area contributed by atoms with Crippen molar-refractivity contribution in [2.24, 2.45) is 11.8 Å². The van der Waals surface area contributed by atoms with Crippen molar-refractivity contribution in [3.63, 3.8) is 0 Å². The third-order valence-corrected chi connectivity index (χ3v) is 4.04. The second-order valence-corrected chi connectivity index (χ2v) is 6.33. The molecule has 0 bridgehead atoms. The molecule has 0 spiro atoms. The van der Waals surface area contributed by atoms with Gasteiger partial charge in [0, 0.05) is 5.92 Å². The molecule has 1 aliphatic carbocycles. The highest BCUT2D eigenvalue weighted by molar-refractivity contribution is 5.87. The highest BCUT2D eigenvalue weighted by atomic mass is 16.4. The largest absolute Gasteiger partial charge is 0.480 e. The van der Waals surface area contributed by atoms with Gasteiger partial charge in [0.25, 0.3) is 0 Å². The Morgan fingerprint density at radius 3 is 2.57 bits per heavy atom. The van der Waals surface area contributed by atoms with Crippen molar-refractivity contribution in [2.45, 2.75) is 45.6 Å². The van der Waals surface area contributed by atoms with E-state index in [1.165, 1.54) is 11.1 Å². The van der Waals surface area contributed by atoms with Crippen LogP contribution in [0.2, 0.25) is 0 Å². The second-order valence-electron chi connectivity index (χ2n) is 6.33. The first-order valence-electron chi connectivity index (χ1n) is 7.48. The predicted octanol–water partition coefficient (Wildman–Crippen LogP) is 2.71. The lowest BCUT2D eigenvalue weighted by Crippen LogP contribution is -2.42. The lowest BCUT2D eigenvalue weighted by Gasteiger charge is -2.16. The minimum Gasteiger partial charge on any atom is -0.480 e. The van der Waals surface area contributed by atoms with E-state index in [9.17, 15) is 14.7 Å². The van der Waals surface area contributed by atoms with E-state index in [4.69, 9.17) is 0 Å². The fraction of sp³-hybridized carbons (Fsp3) is 0.529. The summed E-state index contributed by atoms with van der Waals surface area (Å²) in [6.07, 6.45) is 1.27. The van der Waals surface area contributed by atoms with E-state index in [1.54, 1.807) is 0 Å². The number of rotatable bonds is 6. The third kappa shape index (κ3) is 3.84. The minimum atomic E-state index is -0.954. The number of hydrogen-bond donors (Lipinski definition) is 2. The summed E-state index contributed by atoms with van der Waals surface area (Å²) in [5.74, 6) is -0.695. The molecule has 0 radical (unpaired) electrons. The van der Waals surface area contributed by atoms with Crippen molar-refractivity contribution >= 4 is 11.9 Å². The van der Waals surface area contributed by atoms with Gasteiger partial charge in [0.2, 0.25) is 5.91 Å². The standard InChI is InChI=1S/C17H23NO3/c1-10(2)8-15(17(20)21)18-16(19)14-9-13(14)12-7-5-4-6-11(12)3/h4-7,10,13-15H,8-9H2,1-3H3,(H,18,19)(H,20,21)/t13?,14?,15-/m1/s1. The van der Waals surface area contributed by atoms with Gasteiger partial charge in [0.05, 0.1) is 0 Å². The molecule has 3 atom stereocenters. The molecular formula is C17H23NO3. The van der Waals surface area contributed by atoms with E-state index in [0.717, 1.165) is 6.42 Å². The number of nitrogens with one attached hydrogen (secondary N) is 1. The molecule has 114 valence electrons. The Bertz CT molecular complexity index is 539. The number of aliphatic carboxylic acids is 1. The van der Waals surface area contributed by atoms with Gasteiger partial charge in [0.1, 0.15) is 6.04 Å². The highest BCUT2D eigenvalue weighted by Gasteiger charge is 2.45. The van der Waals surface area contributed by atoms with Crippen molar-refractivity contribution in [3.8, 4) is 0 Å². The fourth-order valence-corrected chi connectivity index (χ4v) is 2.80. The minimum absolute atomic E-state index is 0.0832. The first-order chi connectivity index (χ1) is 9.90. The summed E-state index contributed by atoms with van der Waals surface area (Å²) in [6, 6.07) is 7.28. The molecule has 0 aliphatic heterocycles. The fourth-order valence-electron chi connectivity index (χ4n) is 2.80. The van der Waals surface area contributed by atoms with Crippen molar-refractivity contribution in [1.82, 2.24) is 5.32 Å². The Hall–Kier alpha value is -1.84. The molecule has 0 saturated heterocycles. The molecule has 1 saturated carbocycles. The molecule has 21 heavy (non-hydrogen) atoms. The molecule has 0 heterocycles. The first-order valence-corrected chi connectivity index (χ1v) is 7.48. The zero-order chi connectivity index (χ0) is 15.6. The molecule has 0 aromatic heterocycles. The lowest BCUT2D eigenvalue weighted by atomic mass is 10.0. The molecule has 1 aliphatic rings. The van der Waals surface area contributed by atoms with E-state index >= 15 is 0 Å². The van der Waals surface area contributed by atoms with Crippen molar-refractivity contribution < 1.29 is 14.7 Å². The summed E-state index contributed by atoms with van der Waals surface area (Å²) in [5, 5.41) is 11.9. The van der Waals surface area contributed by atoms with Crippen LogP contribution in [0.15, 0.2) is 24.3 Å². The summed E-state index contributed by atoms with van der Waals surface area (Å²) in [7, 11) is 0. The Morgan fingerprint density at radius 2 is 2.00 bits per heavy atom. The summed E-state index contributed by atoms with van der Waals surface area (Å²) >= 11 is 0. The van der Waals surface area contributed by atoms with Crippen LogP contribution in [0.25, 0.3) is 0 Å². The number of amides is 1. The van der Waals surface area contributed by atoms with Crippen LogP contribution in [-0.2, 0) is 9.59 Å². The number of carbonyl (C=O) groups is 2. The highest BCUT2D eigenvalue weighted by Crippen LogP contribution is 2.48. The SMILES string of the molecule is Cc1ccccc1C1CC1C(=O)N[C@H](CC(C)C)C(=O)O. The predicted molar refractivity (Wildman–Crippen MR) is 81.0 cm³/mol. The van der Waals surface area contributed by atoms with Gasteiger partial charge < -0.3 is 10.4 Å². The maximum atomic E-state index is 12.2. The average Bonchev–Trinajstić information content (AvgIpc) is 3.18. The molecule has 1 fully saturated rings. The van der Waals surface area contributed by atoms with E-state index in [0.29, 0.717) is 6.42 Å². The number of carboxylic acids is 1. The van der Waals surface area contributed by atoms with E-state index in [-0.39, 0.29) is 23.7 Å². The topological polar surface area (TPSA) is 66.4 Å². The Labute approximate surface area is 125 Å². The number of carbonyl (C=O) groups excluding carboxylic acids is 1. The van der Waals surface area contributed by atoms with E-state index < -0.39 is 12.0 Å². The molecule has 2 N–H and O–H groups in total. The number of aryl methyl sites for hydroxylation is 1. The summed E-state index contributed by atoms with van der Waals surface area (Å²) in [6.45, 7) is 5.95. The molecule has 1 aromatic rings. The van der Waals surface area contributed by atoms with Crippen molar-refractivity contribution in [1.29, 1.82) is 0 Å². The van der Waals surface area contributed by atoms with E-state index in [2.05, 4.69) is 11.4 Å². The molecule has 1 aromatic carbocycles. The molecule has 1 amide bonds. The zero-order valence-electron chi connectivity index (χ0n) is 12.8. The monoisotopic (exact) mass is 289 g/mol. The maximum absolute atomic E-state index is 12.2. The smallest absolute Gasteiger partial charge is 0.326 e. The molecular weight excluding hydrogens is 266 g/mol. The van der Waals surface area contributed by atoms with Crippen LogP contribution in [0.5, 0.6) is 0 Å². The lowest BCUT2D eigenvalue weighted by molar-refractivity contribution is -0.142.